The number of H-pyrrole nitrogens is 1. The van der Waals surface area contributed by atoms with Crippen LogP contribution < -0.4 is 0 Å². The lowest BCUT2D eigenvalue weighted by Crippen LogP contribution is -2.02. The van der Waals surface area contributed by atoms with Crippen molar-refractivity contribution in [2.75, 3.05) is 0 Å². The fraction of sp³-hybridized carbons (Fsp3) is 0.333. The van der Waals surface area contributed by atoms with Gasteiger partial charge in [-0.05, 0) is 46.5 Å². The van der Waals surface area contributed by atoms with E-state index in [-0.39, 0.29) is 0 Å². The van der Waals surface area contributed by atoms with E-state index in [1.54, 1.807) is 11.8 Å². The molecule has 0 radical (unpaired) electrons. The van der Waals surface area contributed by atoms with Crippen LogP contribution in [0.25, 0.3) is 0 Å². The molecule has 106 valence electrons. The van der Waals surface area contributed by atoms with Crippen molar-refractivity contribution >= 4 is 39.9 Å². The van der Waals surface area contributed by atoms with Gasteiger partial charge in [0.1, 0.15) is 10.5 Å². The average molecular weight is 369 g/mol. The molecule has 1 aromatic carbocycles. The second kappa shape index (κ2) is 7.38. The van der Waals surface area contributed by atoms with Crippen molar-refractivity contribution < 1.29 is 0 Å². The van der Waals surface area contributed by atoms with Gasteiger partial charge >= 0.3 is 0 Å². The third-order valence-electron chi connectivity index (χ3n) is 2.68. The summed E-state index contributed by atoms with van der Waals surface area (Å²) in [5.41, 5.74) is 1.17. The molecule has 0 atom stereocenters. The van der Waals surface area contributed by atoms with E-state index in [2.05, 4.69) is 45.8 Å². The highest BCUT2D eigenvalue weighted by Gasteiger charge is 2.04. The van der Waals surface area contributed by atoms with Crippen LogP contribution in [0, 0.1) is 10.6 Å². The van der Waals surface area contributed by atoms with Gasteiger partial charge < -0.3 is 4.98 Å². The maximum absolute atomic E-state index is 5.25. The monoisotopic (exact) mass is 368 g/mol. The number of aromatic nitrogens is 2. The van der Waals surface area contributed by atoms with Gasteiger partial charge in [-0.1, -0.05) is 38.2 Å². The SMILES string of the molecule is CC(C)Cc1cc(=S)nc(CSc2ccccc2Br)[nH]1. The van der Waals surface area contributed by atoms with E-state index >= 15 is 0 Å². The van der Waals surface area contributed by atoms with Gasteiger partial charge in [0.2, 0.25) is 0 Å². The quantitative estimate of drug-likeness (QED) is 0.566. The summed E-state index contributed by atoms with van der Waals surface area (Å²) in [6.45, 7) is 4.40. The van der Waals surface area contributed by atoms with E-state index in [0.717, 1.165) is 22.5 Å². The molecular weight excluding hydrogens is 352 g/mol. The van der Waals surface area contributed by atoms with Crippen LogP contribution in [-0.4, -0.2) is 9.97 Å². The largest absolute Gasteiger partial charge is 0.346 e. The lowest BCUT2D eigenvalue weighted by atomic mass is 10.1. The zero-order chi connectivity index (χ0) is 14.5. The minimum Gasteiger partial charge on any atom is -0.346 e. The van der Waals surface area contributed by atoms with Gasteiger partial charge in [0.15, 0.2) is 0 Å². The molecule has 5 heteroatoms. The van der Waals surface area contributed by atoms with E-state index in [1.165, 1.54) is 10.6 Å². The zero-order valence-corrected chi connectivity index (χ0v) is 14.7. The van der Waals surface area contributed by atoms with Crippen molar-refractivity contribution in [1.29, 1.82) is 0 Å². The number of aromatic amines is 1. The Bertz CT molecular complexity index is 638. The van der Waals surface area contributed by atoms with Crippen molar-refractivity contribution in [2.24, 2.45) is 5.92 Å². The lowest BCUT2D eigenvalue weighted by Gasteiger charge is -2.08. The van der Waals surface area contributed by atoms with Crippen LogP contribution >= 0.6 is 39.9 Å². The molecule has 1 aromatic heterocycles. The van der Waals surface area contributed by atoms with Crippen LogP contribution in [0.5, 0.6) is 0 Å². The maximum Gasteiger partial charge on any atom is 0.130 e. The zero-order valence-electron chi connectivity index (χ0n) is 11.5. The standard InChI is InChI=1S/C15H17BrN2S2/c1-10(2)7-11-8-15(19)18-14(17-11)9-20-13-6-4-3-5-12(13)16/h3-6,8,10H,7,9H2,1-2H3,(H,17,18,19). The third-order valence-corrected chi connectivity index (χ3v) is 4.92. The number of halogens is 1. The first kappa shape index (κ1) is 15.7. The van der Waals surface area contributed by atoms with E-state index < -0.39 is 0 Å². The number of benzene rings is 1. The van der Waals surface area contributed by atoms with Gasteiger partial charge in [0.25, 0.3) is 0 Å². The Morgan fingerprint density at radius 3 is 2.80 bits per heavy atom. The molecule has 20 heavy (non-hydrogen) atoms. The van der Waals surface area contributed by atoms with Crippen LogP contribution in [-0.2, 0) is 12.2 Å². The fourth-order valence-electron chi connectivity index (χ4n) is 1.89. The molecule has 2 aromatic rings. The topological polar surface area (TPSA) is 28.7 Å². The number of hydrogen-bond donors (Lipinski definition) is 1. The highest BCUT2D eigenvalue weighted by Crippen LogP contribution is 2.28. The van der Waals surface area contributed by atoms with E-state index in [1.807, 2.05) is 24.3 Å². The van der Waals surface area contributed by atoms with E-state index in [4.69, 9.17) is 12.2 Å². The number of thioether (sulfide) groups is 1. The summed E-state index contributed by atoms with van der Waals surface area (Å²) in [6, 6.07) is 10.2. The summed E-state index contributed by atoms with van der Waals surface area (Å²) < 4.78 is 1.78. The Kier molecular flexibility index (Phi) is 5.81. The first-order valence-electron chi connectivity index (χ1n) is 6.51. The van der Waals surface area contributed by atoms with E-state index in [0.29, 0.717) is 10.6 Å². The van der Waals surface area contributed by atoms with Gasteiger partial charge in [0, 0.05) is 15.1 Å². The molecule has 0 aliphatic rings. The molecule has 0 unspecified atom stereocenters. The van der Waals surface area contributed by atoms with Crippen LogP contribution in [0.2, 0.25) is 0 Å². The third kappa shape index (κ3) is 4.72. The summed E-state index contributed by atoms with van der Waals surface area (Å²) in [6.07, 6.45) is 0.999. The predicted octanol–water partition coefficient (Wildman–Crippen LogP) is 5.39. The fourth-order valence-corrected chi connectivity index (χ4v) is 3.58. The molecule has 1 N–H and O–H groups in total. The summed E-state index contributed by atoms with van der Waals surface area (Å²) in [5.74, 6) is 2.33. The van der Waals surface area contributed by atoms with Crippen LogP contribution in [0.15, 0.2) is 39.7 Å². The molecule has 2 rings (SSSR count). The molecule has 0 saturated carbocycles. The molecule has 0 spiro atoms. The molecule has 1 heterocycles. The molecule has 2 nitrogen and oxygen atoms in total. The second-order valence-electron chi connectivity index (χ2n) is 5.01. The van der Waals surface area contributed by atoms with E-state index in [9.17, 15) is 0 Å². The summed E-state index contributed by atoms with van der Waals surface area (Å²) in [7, 11) is 0. The summed E-state index contributed by atoms with van der Waals surface area (Å²) in [4.78, 5) is 9.01. The molecule has 0 bridgehead atoms. The van der Waals surface area contributed by atoms with Gasteiger partial charge in [-0.3, -0.25) is 0 Å². The molecule has 0 aliphatic carbocycles. The normalized spacial score (nSPS) is 11.0. The van der Waals surface area contributed by atoms with Gasteiger partial charge in [-0.25, -0.2) is 4.98 Å². The highest BCUT2D eigenvalue weighted by atomic mass is 79.9. The Balaban J connectivity index is 2.11. The Morgan fingerprint density at radius 1 is 1.35 bits per heavy atom. The van der Waals surface area contributed by atoms with Crippen molar-refractivity contribution in [3.63, 3.8) is 0 Å². The summed E-state index contributed by atoms with van der Waals surface area (Å²) in [5, 5.41) is 0. The Labute approximate surface area is 137 Å². The molecule has 0 saturated heterocycles. The Hall–Kier alpha value is -0.650. The van der Waals surface area contributed by atoms with Crippen LogP contribution in [0.1, 0.15) is 25.4 Å². The van der Waals surface area contributed by atoms with Crippen molar-refractivity contribution in [3.05, 3.63) is 51.0 Å². The minimum absolute atomic E-state index is 0.604. The van der Waals surface area contributed by atoms with Crippen LogP contribution in [0.4, 0.5) is 0 Å². The lowest BCUT2D eigenvalue weighted by molar-refractivity contribution is 0.631. The first-order valence-corrected chi connectivity index (χ1v) is 8.69. The number of rotatable bonds is 5. The molecule has 0 aliphatic heterocycles. The van der Waals surface area contributed by atoms with Gasteiger partial charge in [-0.2, -0.15) is 0 Å². The summed E-state index contributed by atoms with van der Waals surface area (Å²) >= 11 is 10.6. The predicted molar refractivity (Wildman–Crippen MR) is 91.7 cm³/mol. The second-order valence-corrected chi connectivity index (χ2v) is 7.30. The average Bonchev–Trinajstić information content (AvgIpc) is 2.36. The van der Waals surface area contributed by atoms with Crippen molar-refractivity contribution in [3.8, 4) is 0 Å². The van der Waals surface area contributed by atoms with Crippen molar-refractivity contribution in [2.45, 2.75) is 30.9 Å². The molecule has 0 amide bonds. The number of nitrogens with one attached hydrogen (secondary N) is 1. The number of hydrogen-bond acceptors (Lipinski definition) is 3. The van der Waals surface area contributed by atoms with Crippen molar-refractivity contribution in [1.82, 2.24) is 9.97 Å². The van der Waals surface area contributed by atoms with Gasteiger partial charge in [-0.15, -0.1) is 11.8 Å². The number of nitrogens with zero attached hydrogens (tertiary/aromatic N) is 1. The van der Waals surface area contributed by atoms with Gasteiger partial charge in [0.05, 0.1) is 5.75 Å². The first-order chi connectivity index (χ1) is 9.54. The maximum atomic E-state index is 5.25. The molecular formula is C15H17BrN2S2. The highest BCUT2D eigenvalue weighted by molar-refractivity contribution is 9.10. The Morgan fingerprint density at radius 2 is 2.10 bits per heavy atom. The van der Waals surface area contributed by atoms with Crippen LogP contribution in [0.3, 0.4) is 0 Å². The minimum atomic E-state index is 0.604. The molecule has 0 fully saturated rings. The smallest absolute Gasteiger partial charge is 0.130 e.